The fourth-order valence-corrected chi connectivity index (χ4v) is 4.48. The number of hydrogen-bond acceptors (Lipinski definition) is 6. The van der Waals surface area contributed by atoms with Gasteiger partial charge in [0.05, 0.1) is 11.1 Å². The average Bonchev–Trinajstić information content (AvgIpc) is 2.78. The minimum absolute atomic E-state index is 0.0454. The van der Waals surface area contributed by atoms with Crippen molar-refractivity contribution < 1.29 is 44.3 Å². The van der Waals surface area contributed by atoms with E-state index in [1.54, 1.807) is 31.2 Å². The molecule has 0 fully saturated rings. The van der Waals surface area contributed by atoms with Gasteiger partial charge in [0, 0.05) is 32.1 Å². The van der Waals surface area contributed by atoms with Crippen molar-refractivity contribution in [3.63, 3.8) is 0 Å². The molecule has 1 aliphatic heterocycles. The summed E-state index contributed by atoms with van der Waals surface area (Å²) in [5, 5.41) is 2.42. The summed E-state index contributed by atoms with van der Waals surface area (Å²) in [7, 11) is -3.38. The van der Waals surface area contributed by atoms with Crippen LogP contribution in [0, 0.1) is 6.92 Å². The molecule has 1 heterocycles. The zero-order valence-electron chi connectivity index (χ0n) is 19.6. The number of allylic oxidation sites excluding steroid dienone is 1. The number of nitrogens with zero attached hydrogens (tertiary/aromatic N) is 2. The molecule has 7 nitrogen and oxygen atoms in total. The molecule has 0 spiro atoms. The Kier molecular flexibility index (Phi) is 7.37. The molecule has 1 aliphatic rings. The number of nitrogens with one attached hydrogen (secondary N) is 1. The highest BCUT2D eigenvalue weighted by molar-refractivity contribution is 7.92. The molecule has 1 atom stereocenters. The third-order valence-electron chi connectivity index (χ3n) is 5.33. The molecule has 0 saturated heterocycles. The zero-order chi connectivity index (χ0) is 27.8. The van der Waals surface area contributed by atoms with Crippen LogP contribution >= 0.6 is 0 Å². The summed E-state index contributed by atoms with van der Waals surface area (Å²) >= 11 is 0. The van der Waals surface area contributed by atoms with Crippen molar-refractivity contribution in [1.29, 1.82) is 0 Å². The molecule has 1 N–H and O–H groups in total. The Balaban J connectivity index is 1.94. The first-order valence-electron chi connectivity index (χ1n) is 10.4. The third kappa shape index (κ3) is 6.06. The highest BCUT2D eigenvalue weighted by Gasteiger charge is 2.52. The topological polar surface area (TPSA) is 88.1 Å². The van der Waals surface area contributed by atoms with Crippen LogP contribution in [-0.4, -0.2) is 43.7 Å². The molecule has 1 amide bonds. The van der Waals surface area contributed by atoms with Crippen LogP contribution in [0.2, 0.25) is 0 Å². The Bertz CT molecular complexity index is 1340. The summed E-state index contributed by atoms with van der Waals surface area (Å²) in [6.07, 6.45) is -7.22. The monoisotopic (exact) mass is 549 g/mol. The van der Waals surface area contributed by atoms with E-state index in [1.807, 2.05) is 0 Å². The van der Waals surface area contributed by atoms with Crippen molar-refractivity contribution in [2.24, 2.45) is 4.99 Å². The number of ether oxygens (including phenoxy) is 1. The number of para-hydroxylation sites is 1. The number of carbonyl (C=O) groups is 1. The summed E-state index contributed by atoms with van der Waals surface area (Å²) in [6, 6.07) is 7.57. The van der Waals surface area contributed by atoms with Crippen LogP contribution in [0.4, 0.5) is 26.3 Å². The van der Waals surface area contributed by atoms with Crippen molar-refractivity contribution in [2.45, 2.75) is 30.8 Å². The maximum atomic E-state index is 13.3. The van der Waals surface area contributed by atoms with E-state index in [1.165, 1.54) is 6.08 Å². The number of amides is 1. The van der Waals surface area contributed by atoms with E-state index in [2.05, 4.69) is 10.3 Å². The Morgan fingerprint density at radius 2 is 1.62 bits per heavy atom. The number of carbonyl (C=O) groups excluding carboxylic acids is 1. The lowest BCUT2D eigenvalue weighted by molar-refractivity contribution is -0.143. The predicted octanol–water partition coefficient (Wildman–Crippen LogP) is 4.28. The van der Waals surface area contributed by atoms with E-state index in [0.717, 1.165) is 13.3 Å². The number of aryl methyl sites for hydroxylation is 1. The second-order valence-electron chi connectivity index (χ2n) is 8.29. The number of sulfone groups is 1. The molecule has 2 aromatic carbocycles. The van der Waals surface area contributed by atoms with Crippen LogP contribution < -0.4 is 10.1 Å². The lowest BCUT2D eigenvalue weighted by Gasteiger charge is -2.34. The highest BCUT2D eigenvalue weighted by Crippen LogP contribution is 2.37. The Labute approximate surface area is 208 Å². The van der Waals surface area contributed by atoms with Gasteiger partial charge in [0.1, 0.15) is 5.75 Å². The molecule has 0 aromatic heterocycles. The first-order valence-corrected chi connectivity index (χ1v) is 12.3. The fraction of sp³-hybridized carbons (Fsp3) is 0.304. The Morgan fingerprint density at radius 3 is 2.14 bits per heavy atom. The van der Waals surface area contributed by atoms with E-state index in [0.29, 0.717) is 34.6 Å². The second kappa shape index (κ2) is 9.72. The van der Waals surface area contributed by atoms with E-state index >= 15 is 0 Å². The molecule has 2 aromatic rings. The number of aliphatic imine (C=N–C) groups is 1. The molecule has 0 radical (unpaired) electrons. The number of halogens is 6. The third-order valence-corrected chi connectivity index (χ3v) is 6.78. The normalized spacial score (nSPS) is 18.1. The molecular weight excluding hydrogens is 528 g/mol. The SMILES string of the molecule is Cc1ccccc1OC1=CC=NC(C(=O)N(C)Cc2cc(C(F)(F)F)cc(C(F)(F)F)c2)(S(C)(=O)=O)N1. The van der Waals surface area contributed by atoms with Crippen molar-refractivity contribution in [3.05, 3.63) is 76.7 Å². The lowest BCUT2D eigenvalue weighted by Crippen LogP contribution is -2.61. The van der Waals surface area contributed by atoms with Crippen molar-refractivity contribution in [3.8, 4) is 5.75 Å². The van der Waals surface area contributed by atoms with Crippen molar-refractivity contribution in [2.75, 3.05) is 13.3 Å². The molecule has 0 aliphatic carbocycles. The summed E-state index contributed by atoms with van der Waals surface area (Å²) < 4.78 is 110. The molecule has 200 valence electrons. The first-order chi connectivity index (χ1) is 16.9. The van der Waals surface area contributed by atoms with Gasteiger partial charge in [0.2, 0.25) is 9.84 Å². The van der Waals surface area contributed by atoms with Gasteiger partial charge in [-0.15, -0.1) is 0 Å². The molecule has 0 bridgehead atoms. The smallest absolute Gasteiger partial charge is 0.416 e. The van der Waals surface area contributed by atoms with E-state index in [-0.39, 0.29) is 11.9 Å². The predicted molar refractivity (Wildman–Crippen MR) is 122 cm³/mol. The number of likely N-dealkylation sites (N-methyl/N-ethyl adjacent to an activating group) is 1. The van der Waals surface area contributed by atoms with Gasteiger partial charge in [-0.1, -0.05) is 18.2 Å². The second-order valence-corrected chi connectivity index (χ2v) is 10.4. The van der Waals surface area contributed by atoms with Crippen molar-refractivity contribution >= 4 is 22.0 Å². The molecule has 37 heavy (non-hydrogen) atoms. The van der Waals surface area contributed by atoms with Gasteiger partial charge in [-0.25, -0.2) is 13.4 Å². The lowest BCUT2D eigenvalue weighted by atomic mass is 10.0. The van der Waals surface area contributed by atoms with Gasteiger partial charge < -0.3 is 15.0 Å². The maximum absolute atomic E-state index is 13.3. The molecule has 14 heteroatoms. The van der Waals surface area contributed by atoms with Crippen molar-refractivity contribution in [1.82, 2.24) is 10.2 Å². The first kappa shape index (κ1) is 28.0. The standard InChI is InChI=1S/C23H21F6N3O4S/c1-14-6-4-5-7-18(14)36-19-8-9-30-23(31-19,37(3,34)35)20(33)32(2)13-15-10-16(21(24,25)26)12-17(11-15)22(27,28)29/h4-12,31H,13H2,1-3H3. The van der Waals surface area contributed by atoms with Crippen LogP contribution in [0.15, 0.2) is 59.4 Å². The largest absolute Gasteiger partial charge is 0.441 e. The summed E-state index contributed by atoms with van der Waals surface area (Å²) in [4.78, 5) is 15.1. The molecular formula is C23H21F6N3O4S. The van der Waals surface area contributed by atoms with Crippen LogP contribution in [0.3, 0.4) is 0 Å². The number of rotatable bonds is 6. The highest BCUT2D eigenvalue weighted by atomic mass is 32.2. The van der Waals surface area contributed by atoms with E-state index in [4.69, 9.17) is 4.74 Å². The molecule has 1 unspecified atom stereocenters. The van der Waals surface area contributed by atoms with Gasteiger partial charge in [0.25, 0.3) is 5.91 Å². The fourth-order valence-electron chi connectivity index (χ4n) is 3.47. The summed E-state index contributed by atoms with van der Waals surface area (Å²) in [5.41, 5.74) is -2.97. The van der Waals surface area contributed by atoms with Crippen LogP contribution in [-0.2, 0) is 33.5 Å². The Morgan fingerprint density at radius 1 is 1.05 bits per heavy atom. The molecule has 0 saturated carbocycles. The Hall–Kier alpha value is -3.55. The van der Waals surface area contributed by atoms with E-state index < -0.39 is 56.3 Å². The minimum atomic E-state index is -5.09. The van der Waals surface area contributed by atoms with Gasteiger partial charge in [-0.2, -0.15) is 26.3 Å². The number of hydrogen-bond donors (Lipinski definition) is 1. The molecule has 3 rings (SSSR count). The minimum Gasteiger partial charge on any atom is -0.441 e. The van der Waals surface area contributed by atoms with Crippen LogP contribution in [0.1, 0.15) is 22.3 Å². The van der Waals surface area contributed by atoms with Gasteiger partial charge in [0.15, 0.2) is 5.88 Å². The number of benzene rings is 2. The average molecular weight is 549 g/mol. The van der Waals surface area contributed by atoms with E-state index in [9.17, 15) is 39.6 Å². The number of alkyl halides is 6. The zero-order valence-corrected chi connectivity index (χ0v) is 20.4. The van der Waals surface area contributed by atoms with Gasteiger partial charge >= 0.3 is 17.3 Å². The van der Waals surface area contributed by atoms with Gasteiger partial charge in [-0.05, 0) is 42.3 Å². The quantitative estimate of drug-likeness (QED) is 0.544. The van der Waals surface area contributed by atoms with Crippen LogP contribution in [0.25, 0.3) is 0 Å². The van der Waals surface area contributed by atoms with Gasteiger partial charge in [-0.3, -0.25) is 4.79 Å². The summed E-state index contributed by atoms with van der Waals surface area (Å²) in [6.45, 7) is 0.942. The van der Waals surface area contributed by atoms with Crippen LogP contribution in [0.5, 0.6) is 5.75 Å². The maximum Gasteiger partial charge on any atom is 0.416 e. The summed E-state index contributed by atoms with van der Waals surface area (Å²) in [5.74, 6) is -1.09.